The first-order valence-corrected chi connectivity index (χ1v) is 6.86. The molecule has 0 saturated carbocycles. The van der Waals surface area contributed by atoms with Crippen LogP contribution in [0.15, 0.2) is 36.4 Å². The van der Waals surface area contributed by atoms with Gasteiger partial charge < -0.3 is 10.1 Å². The molecule has 0 saturated heterocycles. The summed E-state index contributed by atoms with van der Waals surface area (Å²) >= 11 is 12.0. The van der Waals surface area contributed by atoms with E-state index in [0.717, 1.165) is 11.1 Å². The highest BCUT2D eigenvalue weighted by atomic mass is 35.5. The van der Waals surface area contributed by atoms with Crippen LogP contribution in [-0.4, -0.2) is 7.05 Å². The lowest BCUT2D eigenvalue weighted by molar-refractivity contribution is 0.286. The molecule has 0 atom stereocenters. The van der Waals surface area contributed by atoms with E-state index in [-0.39, 0.29) is 12.4 Å². The van der Waals surface area contributed by atoms with Crippen molar-refractivity contribution in [2.45, 2.75) is 13.2 Å². The Labute approximate surface area is 127 Å². The van der Waals surface area contributed by atoms with Crippen LogP contribution >= 0.6 is 23.2 Å². The maximum atomic E-state index is 13.8. The summed E-state index contributed by atoms with van der Waals surface area (Å²) in [7, 11) is 1.79. The van der Waals surface area contributed by atoms with E-state index in [1.165, 1.54) is 6.07 Å². The molecule has 0 amide bonds. The number of para-hydroxylation sites is 1. The van der Waals surface area contributed by atoms with Gasteiger partial charge in [-0.25, -0.2) is 4.39 Å². The third kappa shape index (κ3) is 3.42. The zero-order valence-corrected chi connectivity index (χ0v) is 12.4. The highest BCUT2D eigenvalue weighted by Gasteiger charge is 2.11. The predicted molar refractivity (Wildman–Crippen MR) is 80.0 cm³/mol. The molecule has 106 valence electrons. The minimum Gasteiger partial charge on any atom is -0.485 e. The van der Waals surface area contributed by atoms with Gasteiger partial charge in [0.25, 0.3) is 0 Å². The molecule has 0 unspecified atom stereocenters. The number of benzene rings is 2. The topological polar surface area (TPSA) is 21.3 Å². The third-order valence-electron chi connectivity index (χ3n) is 2.82. The van der Waals surface area contributed by atoms with Crippen LogP contribution < -0.4 is 10.1 Å². The molecule has 0 aromatic heterocycles. The Kier molecular flexibility index (Phi) is 5.24. The molecule has 0 aliphatic carbocycles. The Morgan fingerprint density at radius 3 is 2.55 bits per heavy atom. The van der Waals surface area contributed by atoms with Crippen molar-refractivity contribution in [3.63, 3.8) is 0 Å². The molecule has 0 bridgehead atoms. The Bertz CT molecular complexity index is 604. The molecule has 2 nitrogen and oxygen atoms in total. The van der Waals surface area contributed by atoms with Crippen LogP contribution in [-0.2, 0) is 13.2 Å². The Morgan fingerprint density at radius 1 is 1.10 bits per heavy atom. The standard InChI is InChI=1S/C15H14Cl2FNO/c1-19-8-10-4-3-7-13(18)15(10)20-9-11-5-2-6-12(16)14(11)17/h2-7,19H,8-9H2,1H3. The summed E-state index contributed by atoms with van der Waals surface area (Å²) in [6.07, 6.45) is 0. The van der Waals surface area contributed by atoms with Gasteiger partial charge in [0.15, 0.2) is 11.6 Å². The van der Waals surface area contributed by atoms with Crippen LogP contribution in [0.25, 0.3) is 0 Å². The number of rotatable bonds is 5. The van der Waals surface area contributed by atoms with Gasteiger partial charge in [0.2, 0.25) is 0 Å². The fourth-order valence-electron chi connectivity index (χ4n) is 1.85. The Hall–Kier alpha value is -1.29. The van der Waals surface area contributed by atoms with E-state index >= 15 is 0 Å². The van der Waals surface area contributed by atoms with Crippen molar-refractivity contribution < 1.29 is 9.13 Å². The predicted octanol–water partition coefficient (Wildman–Crippen LogP) is 4.43. The molecule has 0 heterocycles. The number of hydrogen-bond donors (Lipinski definition) is 1. The van der Waals surface area contributed by atoms with Crippen LogP contribution in [0.3, 0.4) is 0 Å². The molecule has 2 aromatic rings. The molecule has 5 heteroatoms. The summed E-state index contributed by atoms with van der Waals surface area (Å²) in [4.78, 5) is 0. The highest BCUT2D eigenvalue weighted by Crippen LogP contribution is 2.28. The fourth-order valence-corrected chi connectivity index (χ4v) is 2.23. The highest BCUT2D eigenvalue weighted by molar-refractivity contribution is 6.42. The van der Waals surface area contributed by atoms with E-state index in [2.05, 4.69) is 5.32 Å². The van der Waals surface area contributed by atoms with Gasteiger partial charge in [0.1, 0.15) is 6.61 Å². The molecule has 0 fully saturated rings. The summed E-state index contributed by atoms with van der Waals surface area (Å²) < 4.78 is 19.4. The zero-order chi connectivity index (χ0) is 14.5. The molecule has 0 spiro atoms. The first-order chi connectivity index (χ1) is 9.63. The molecule has 2 aromatic carbocycles. The Morgan fingerprint density at radius 2 is 1.80 bits per heavy atom. The van der Waals surface area contributed by atoms with E-state index in [1.807, 2.05) is 6.07 Å². The van der Waals surface area contributed by atoms with Gasteiger partial charge in [-0.15, -0.1) is 0 Å². The lowest BCUT2D eigenvalue weighted by Gasteiger charge is -2.13. The Balaban J connectivity index is 2.20. The lowest BCUT2D eigenvalue weighted by Crippen LogP contribution is -2.09. The van der Waals surface area contributed by atoms with E-state index in [9.17, 15) is 4.39 Å². The summed E-state index contributed by atoms with van der Waals surface area (Å²) in [5.74, 6) is -0.159. The van der Waals surface area contributed by atoms with Crippen molar-refractivity contribution in [1.82, 2.24) is 5.32 Å². The van der Waals surface area contributed by atoms with Crippen molar-refractivity contribution in [3.05, 3.63) is 63.4 Å². The molecule has 20 heavy (non-hydrogen) atoms. The average Bonchev–Trinajstić information content (AvgIpc) is 2.43. The molecule has 0 radical (unpaired) electrons. The molecular formula is C15H14Cl2FNO. The second-order valence-electron chi connectivity index (χ2n) is 4.26. The van der Waals surface area contributed by atoms with Gasteiger partial charge in [-0.2, -0.15) is 0 Å². The second kappa shape index (κ2) is 6.93. The minimum atomic E-state index is -0.393. The third-order valence-corrected chi connectivity index (χ3v) is 3.68. The van der Waals surface area contributed by atoms with Gasteiger partial charge in [-0.05, 0) is 19.2 Å². The monoisotopic (exact) mass is 313 g/mol. The quantitative estimate of drug-likeness (QED) is 0.881. The maximum absolute atomic E-state index is 13.8. The molecule has 0 aliphatic heterocycles. The number of ether oxygens (including phenoxy) is 1. The van der Waals surface area contributed by atoms with Crippen molar-refractivity contribution >= 4 is 23.2 Å². The summed E-state index contributed by atoms with van der Waals surface area (Å²) in [5, 5.41) is 3.86. The van der Waals surface area contributed by atoms with Crippen LogP contribution in [0.4, 0.5) is 4.39 Å². The van der Waals surface area contributed by atoms with Crippen molar-refractivity contribution in [3.8, 4) is 5.75 Å². The van der Waals surface area contributed by atoms with Gasteiger partial charge in [-0.1, -0.05) is 47.5 Å². The van der Waals surface area contributed by atoms with E-state index in [4.69, 9.17) is 27.9 Å². The van der Waals surface area contributed by atoms with Crippen LogP contribution in [0.2, 0.25) is 10.0 Å². The van der Waals surface area contributed by atoms with Crippen molar-refractivity contribution in [2.24, 2.45) is 0 Å². The van der Waals surface area contributed by atoms with Gasteiger partial charge >= 0.3 is 0 Å². The van der Waals surface area contributed by atoms with Gasteiger partial charge in [-0.3, -0.25) is 0 Å². The smallest absolute Gasteiger partial charge is 0.165 e. The fraction of sp³-hybridized carbons (Fsp3) is 0.200. The first kappa shape index (κ1) is 15.1. The SMILES string of the molecule is CNCc1cccc(F)c1OCc1cccc(Cl)c1Cl. The van der Waals surface area contributed by atoms with Gasteiger partial charge in [0, 0.05) is 17.7 Å². The average molecular weight is 314 g/mol. The van der Waals surface area contributed by atoms with E-state index in [0.29, 0.717) is 16.6 Å². The largest absolute Gasteiger partial charge is 0.485 e. The molecule has 2 rings (SSSR count). The normalized spacial score (nSPS) is 10.6. The number of halogens is 3. The number of hydrogen-bond acceptors (Lipinski definition) is 2. The molecular weight excluding hydrogens is 300 g/mol. The summed E-state index contributed by atoms with van der Waals surface area (Å²) in [6, 6.07) is 10.1. The minimum absolute atomic E-state index is 0.164. The maximum Gasteiger partial charge on any atom is 0.165 e. The zero-order valence-electron chi connectivity index (χ0n) is 10.9. The van der Waals surface area contributed by atoms with Crippen LogP contribution in [0.1, 0.15) is 11.1 Å². The number of nitrogens with one attached hydrogen (secondary N) is 1. The second-order valence-corrected chi connectivity index (χ2v) is 5.05. The van der Waals surface area contributed by atoms with Crippen LogP contribution in [0, 0.1) is 5.82 Å². The lowest BCUT2D eigenvalue weighted by atomic mass is 10.2. The summed E-state index contributed by atoms with van der Waals surface area (Å²) in [6.45, 7) is 0.688. The summed E-state index contributed by atoms with van der Waals surface area (Å²) in [5.41, 5.74) is 1.48. The van der Waals surface area contributed by atoms with Crippen molar-refractivity contribution in [1.29, 1.82) is 0 Å². The van der Waals surface area contributed by atoms with E-state index < -0.39 is 5.82 Å². The van der Waals surface area contributed by atoms with Crippen molar-refractivity contribution in [2.75, 3.05) is 7.05 Å². The molecule has 1 N–H and O–H groups in total. The van der Waals surface area contributed by atoms with Gasteiger partial charge in [0.05, 0.1) is 10.0 Å². The van der Waals surface area contributed by atoms with Crippen LogP contribution in [0.5, 0.6) is 5.75 Å². The molecule has 0 aliphatic rings. The van der Waals surface area contributed by atoms with E-state index in [1.54, 1.807) is 31.3 Å². The first-order valence-electron chi connectivity index (χ1n) is 6.11.